The number of imide groups is 1. The predicted molar refractivity (Wildman–Crippen MR) is 74.4 cm³/mol. The molecular formula is C13H12N4O2S. The van der Waals surface area contributed by atoms with Crippen molar-refractivity contribution in [2.45, 2.75) is 19.4 Å². The predicted octanol–water partition coefficient (Wildman–Crippen LogP) is 1.93. The Bertz CT molecular complexity index is 625. The summed E-state index contributed by atoms with van der Waals surface area (Å²) in [6.07, 6.45) is 4.02. The molecule has 2 aromatic rings. The molecule has 1 saturated heterocycles. The molecule has 0 atom stereocenters. The summed E-state index contributed by atoms with van der Waals surface area (Å²) in [6.45, 7) is 0.253. The van der Waals surface area contributed by atoms with E-state index in [0.717, 1.165) is 5.69 Å². The molecule has 2 amide bonds. The maximum atomic E-state index is 11.5. The lowest BCUT2D eigenvalue weighted by Crippen LogP contribution is -2.28. The minimum absolute atomic E-state index is 0.121. The number of thiazole rings is 1. The van der Waals surface area contributed by atoms with Crippen molar-refractivity contribution in [1.29, 1.82) is 0 Å². The number of hydrogen-bond acceptors (Lipinski definition) is 6. The molecule has 0 saturated carbocycles. The first-order valence-corrected chi connectivity index (χ1v) is 7.05. The van der Waals surface area contributed by atoms with E-state index in [1.54, 1.807) is 12.4 Å². The van der Waals surface area contributed by atoms with Crippen LogP contribution in [0.2, 0.25) is 0 Å². The summed E-state index contributed by atoms with van der Waals surface area (Å²) >= 11 is 1.43. The molecule has 1 aliphatic heterocycles. The highest BCUT2D eigenvalue weighted by atomic mass is 32.1. The highest BCUT2D eigenvalue weighted by Crippen LogP contribution is 2.22. The van der Waals surface area contributed by atoms with E-state index in [0.29, 0.717) is 23.7 Å². The largest absolute Gasteiger partial charge is 0.330 e. The number of carbonyl (C=O) groups is 2. The Kier molecular flexibility index (Phi) is 3.42. The molecule has 6 nitrogen and oxygen atoms in total. The van der Waals surface area contributed by atoms with Gasteiger partial charge in [-0.3, -0.25) is 19.5 Å². The van der Waals surface area contributed by atoms with Crippen LogP contribution < -0.4 is 5.32 Å². The van der Waals surface area contributed by atoms with Gasteiger partial charge in [-0.2, -0.15) is 0 Å². The monoisotopic (exact) mass is 288 g/mol. The van der Waals surface area contributed by atoms with E-state index in [4.69, 9.17) is 0 Å². The molecule has 1 fully saturated rings. The maximum absolute atomic E-state index is 11.5. The van der Waals surface area contributed by atoms with Gasteiger partial charge < -0.3 is 5.32 Å². The molecule has 3 rings (SSSR count). The van der Waals surface area contributed by atoms with Crippen LogP contribution >= 0.6 is 11.3 Å². The third-order valence-corrected chi connectivity index (χ3v) is 3.75. The molecule has 3 heterocycles. The summed E-state index contributed by atoms with van der Waals surface area (Å²) < 4.78 is 0. The summed E-state index contributed by atoms with van der Waals surface area (Å²) in [6, 6.07) is 3.72. The smallest absolute Gasteiger partial charge is 0.230 e. The Hall–Kier alpha value is -2.28. The number of likely N-dealkylation sites (tertiary alicyclic amines) is 1. The van der Waals surface area contributed by atoms with E-state index >= 15 is 0 Å². The molecule has 0 aliphatic carbocycles. The second kappa shape index (κ2) is 5.38. The van der Waals surface area contributed by atoms with Crippen molar-refractivity contribution < 1.29 is 9.59 Å². The Morgan fingerprint density at radius 3 is 2.80 bits per heavy atom. The van der Waals surface area contributed by atoms with E-state index in [1.165, 1.54) is 16.2 Å². The Balaban J connectivity index is 1.68. The standard InChI is InChI=1S/C13H12N4O2S/c18-11-3-4-12(19)17(11)7-10-8-20-13(16-10)15-9-2-1-5-14-6-9/h1-2,5-6,8H,3-4,7H2,(H,15,16). The van der Waals surface area contributed by atoms with Gasteiger partial charge in [-0.15, -0.1) is 11.3 Å². The van der Waals surface area contributed by atoms with Crippen molar-refractivity contribution in [2.75, 3.05) is 5.32 Å². The Labute approximate surface area is 119 Å². The average molecular weight is 288 g/mol. The van der Waals surface area contributed by atoms with Crippen molar-refractivity contribution in [3.8, 4) is 0 Å². The van der Waals surface area contributed by atoms with Gasteiger partial charge in [0.25, 0.3) is 0 Å². The van der Waals surface area contributed by atoms with Gasteiger partial charge in [-0.25, -0.2) is 4.98 Å². The zero-order chi connectivity index (χ0) is 13.9. The number of amides is 2. The van der Waals surface area contributed by atoms with Crippen molar-refractivity contribution in [2.24, 2.45) is 0 Å². The first-order chi connectivity index (χ1) is 9.72. The molecule has 0 aromatic carbocycles. The quantitative estimate of drug-likeness (QED) is 0.870. The first kappa shape index (κ1) is 12.7. The second-order valence-corrected chi connectivity index (χ2v) is 5.24. The lowest BCUT2D eigenvalue weighted by Gasteiger charge is -2.11. The third-order valence-electron chi connectivity index (χ3n) is 2.94. The van der Waals surface area contributed by atoms with Crippen LogP contribution in [0, 0.1) is 0 Å². The highest BCUT2D eigenvalue weighted by molar-refractivity contribution is 7.13. The van der Waals surface area contributed by atoms with E-state index in [-0.39, 0.29) is 18.4 Å². The third kappa shape index (κ3) is 2.67. The Morgan fingerprint density at radius 2 is 2.10 bits per heavy atom. The molecule has 0 unspecified atom stereocenters. The molecule has 0 spiro atoms. The van der Waals surface area contributed by atoms with Gasteiger partial charge in [0.15, 0.2) is 5.13 Å². The van der Waals surface area contributed by atoms with Crippen LogP contribution in [0.4, 0.5) is 10.8 Å². The number of carbonyl (C=O) groups excluding carboxylic acids is 2. The van der Waals surface area contributed by atoms with Crippen molar-refractivity contribution >= 4 is 34.0 Å². The normalized spacial score (nSPS) is 14.9. The zero-order valence-corrected chi connectivity index (χ0v) is 11.4. The lowest BCUT2D eigenvalue weighted by atomic mass is 10.4. The molecule has 1 N–H and O–H groups in total. The summed E-state index contributed by atoms with van der Waals surface area (Å²) in [4.78, 5) is 32.7. The fourth-order valence-electron chi connectivity index (χ4n) is 1.96. The molecule has 7 heteroatoms. The van der Waals surface area contributed by atoms with Crippen LogP contribution in [0.15, 0.2) is 29.9 Å². The number of hydrogen-bond donors (Lipinski definition) is 1. The van der Waals surface area contributed by atoms with E-state index < -0.39 is 0 Å². The van der Waals surface area contributed by atoms with Gasteiger partial charge >= 0.3 is 0 Å². The van der Waals surface area contributed by atoms with Gasteiger partial charge in [0, 0.05) is 24.4 Å². The van der Waals surface area contributed by atoms with Gasteiger partial charge in [0.05, 0.1) is 24.1 Å². The fraction of sp³-hybridized carbons (Fsp3) is 0.231. The molecule has 2 aromatic heterocycles. The van der Waals surface area contributed by atoms with Crippen LogP contribution in [0.25, 0.3) is 0 Å². The van der Waals surface area contributed by atoms with E-state index in [1.807, 2.05) is 17.5 Å². The molecule has 0 radical (unpaired) electrons. The minimum Gasteiger partial charge on any atom is -0.330 e. The number of aromatic nitrogens is 2. The van der Waals surface area contributed by atoms with Crippen molar-refractivity contribution in [3.63, 3.8) is 0 Å². The highest BCUT2D eigenvalue weighted by Gasteiger charge is 2.29. The number of pyridine rings is 1. The van der Waals surface area contributed by atoms with Crippen LogP contribution in [-0.2, 0) is 16.1 Å². The number of anilines is 2. The van der Waals surface area contributed by atoms with E-state index in [9.17, 15) is 9.59 Å². The van der Waals surface area contributed by atoms with E-state index in [2.05, 4.69) is 15.3 Å². The summed E-state index contributed by atoms with van der Waals surface area (Å²) in [5, 5.41) is 5.69. The molecular weight excluding hydrogens is 276 g/mol. The number of nitrogens with zero attached hydrogens (tertiary/aromatic N) is 3. The van der Waals surface area contributed by atoms with Gasteiger partial charge in [0.1, 0.15) is 0 Å². The van der Waals surface area contributed by atoms with Crippen LogP contribution in [0.1, 0.15) is 18.5 Å². The summed E-state index contributed by atoms with van der Waals surface area (Å²) in [5.41, 5.74) is 1.56. The topological polar surface area (TPSA) is 75.2 Å². The van der Waals surface area contributed by atoms with Crippen LogP contribution in [0.5, 0.6) is 0 Å². The number of rotatable bonds is 4. The van der Waals surface area contributed by atoms with Crippen molar-refractivity contribution in [1.82, 2.24) is 14.9 Å². The van der Waals surface area contributed by atoms with Crippen molar-refractivity contribution in [3.05, 3.63) is 35.6 Å². The SMILES string of the molecule is O=C1CCC(=O)N1Cc1csc(Nc2cccnc2)n1. The average Bonchev–Trinajstić information content (AvgIpc) is 3.02. The molecule has 1 aliphatic rings. The zero-order valence-electron chi connectivity index (χ0n) is 10.6. The Morgan fingerprint density at radius 1 is 1.30 bits per heavy atom. The van der Waals surface area contributed by atoms with Gasteiger partial charge in [-0.05, 0) is 12.1 Å². The first-order valence-electron chi connectivity index (χ1n) is 6.17. The molecule has 20 heavy (non-hydrogen) atoms. The van der Waals surface area contributed by atoms with Crippen LogP contribution in [-0.4, -0.2) is 26.7 Å². The lowest BCUT2D eigenvalue weighted by molar-refractivity contribution is -0.139. The fourth-order valence-corrected chi connectivity index (χ4v) is 2.68. The van der Waals surface area contributed by atoms with Gasteiger partial charge in [0.2, 0.25) is 11.8 Å². The maximum Gasteiger partial charge on any atom is 0.230 e. The summed E-state index contributed by atoms with van der Waals surface area (Å²) in [7, 11) is 0. The molecule has 0 bridgehead atoms. The molecule has 102 valence electrons. The van der Waals surface area contributed by atoms with Crippen LogP contribution in [0.3, 0.4) is 0 Å². The second-order valence-electron chi connectivity index (χ2n) is 4.38. The van der Waals surface area contributed by atoms with Gasteiger partial charge in [-0.1, -0.05) is 0 Å². The number of nitrogens with one attached hydrogen (secondary N) is 1. The summed E-state index contributed by atoms with van der Waals surface area (Å²) in [5.74, 6) is -0.241. The minimum atomic E-state index is -0.121.